The van der Waals surface area contributed by atoms with Crippen molar-refractivity contribution in [2.75, 3.05) is 10.0 Å². The summed E-state index contributed by atoms with van der Waals surface area (Å²) in [5, 5.41) is 26.1. The first-order valence-corrected chi connectivity index (χ1v) is 10.3. The van der Waals surface area contributed by atoms with Crippen LogP contribution in [0.4, 0.5) is 22.2 Å². The van der Waals surface area contributed by atoms with Crippen LogP contribution >= 0.6 is 11.3 Å². The molecule has 0 atom stereocenters. The van der Waals surface area contributed by atoms with Crippen molar-refractivity contribution in [2.45, 2.75) is 4.90 Å². The molecule has 2 N–H and O–H groups in total. The zero-order valence-electron chi connectivity index (χ0n) is 14.7. The molecule has 2 aromatic carbocycles. The Labute approximate surface area is 172 Å². The molecule has 0 radical (unpaired) electrons. The monoisotopic (exact) mass is 449 g/mol. The third kappa shape index (κ3) is 4.73. The van der Waals surface area contributed by atoms with Gasteiger partial charge in [0.25, 0.3) is 27.3 Å². The minimum atomic E-state index is -3.88. The smallest absolute Gasteiger partial charge is 0.277 e. The summed E-state index contributed by atoms with van der Waals surface area (Å²) in [6, 6.07) is 7.63. The molecule has 3 rings (SSSR count). The van der Waals surface area contributed by atoms with Gasteiger partial charge in [-0.3, -0.25) is 29.7 Å². The molecule has 12 nitrogen and oxygen atoms in total. The third-order valence-electron chi connectivity index (χ3n) is 3.66. The quantitative estimate of drug-likeness (QED) is 0.409. The minimum Gasteiger partial charge on any atom is -0.322 e. The Morgan fingerprint density at radius 2 is 1.60 bits per heavy atom. The van der Waals surface area contributed by atoms with Gasteiger partial charge in [0.2, 0.25) is 0 Å². The number of carbonyl (C=O) groups is 1. The SMILES string of the molecule is O=C(Nc1ccc(S(=O)(=O)Nc2nccs2)cc1)c1cc([N+](=O)[O-])cc([N+](=O)[O-])c1. The van der Waals surface area contributed by atoms with E-state index in [1.165, 1.54) is 30.5 Å². The standard InChI is InChI=1S/C16H11N5O7S2/c22-15(10-7-12(20(23)24)9-13(8-10)21(25)26)18-11-1-3-14(4-2-11)30(27,28)19-16-17-5-6-29-16/h1-9H,(H,17,19)(H,18,22). The van der Waals surface area contributed by atoms with E-state index in [0.717, 1.165) is 29.5 Å². The van der Waals surface area contributed by atoms with Crippen LogP contribution in [0.5, 0.6) is 0 Å². The number of nitrogens with zero attached hydrogens (tertiary/aromatic N) is 3. The van der Waals surface area contributed by atoms with Crippen LogP contribution in [-0.4, -0.2) is 29.2 Å². The van der Waals surface area contributed by atoms with Gasteiger partial charge in [-0.25, -0.2) is 13.4 Å². The molecule has 0 bridgehead atoms. The number of nitro groups is 2. The summed E-state index contributed by atoms with van der Waals surface area (Å²) in [5.74, 6) is -0.835. The van der Waals surface area contributed by atoms with Gasteiger partial charge in [-0.05, 0) is 24.3 Å². The summed E-state index contributed by atoms with van der Waals surface area (Å²) in [4.78, 5) is 36.3. The highest BCUT2D eigenvalue weighted by Crippen LogP contribution is 2.24. The molecule has 154 valence electrons. The zero-order valence-corrected chi connectivity index (χ0v) is 16.3. The van der Waals surface area contributed by atoms with E-state index >= 15 is 0 Å². The summed E-state index contributed by atoms with van der Waals surface area (Å²) in [5.41, 5.74) is -1.33. The molecule has 0 spiro atoms. The van der Waals surface area contributed by atoms with Gasteiger partial charge in [0.1, 0.15) is 0 Å². The van der Waals surface area contributed by atoms with Crippen molar-refractivity contribution in [3.8, 4) is 0 Å². The number of hydrogen-bond donors (Lipinski definition) is 2. The number of anilines is 2. The van der Waals surface area contributed by atoms with Crippen LogP contribution < -0.4 is 10.0 Å². The highest BCUT2D eigenvalue weighted by Gasteiger charge is 2.20. The van der Waals surface area contributed by atoms with E-state index in [9.17, 15) is 33.4 Å². The molecule has 0 unspecified atom stereocenters. The zero-order chi connectivity index (χ0) is 21.9. The van der Waals surface area contributed by atoms with Crippen LogP contribution in [0.1, 0.15) is 10.4 Å². The molecule has 1 heterocycles. The Kier molecular flexibility index (Phi) is 5.70. The first-order chi connectivity index (χ1) is 14.2. The lowest BCUT2D eigenvalue weighted by Gasteiger charge is -2.08. The van der Waals surface area contributed by atoms with Crippen LogP contribution in [0.2, 0.25) is 0 Å². The maximum absolute atomic E-state index is 12.4. The van der Waals surface area contributed by atoms with Crippen molar-refractivity contribution in [3.63, 3.8) is 0 Å². The summed E-state index contributed by atoms with van der Waals surface area (Å²) in [6.45, 7) is 0. The average molecular weight is 449 g/mol. The van der Waals surface area contributed by atoms with E-state index in [4.69, 9.17) is 0 Å². The molecule has 30 heavy (non-hydrogen) atoms. The Morgan fingerprint density at radius 1 is 1.00 bits per heavy atom. The molecule has 0 aliphatic carbocycles. The number of nitro benzene ring substituents is 2. The lowest BCUT2D eigenvalue weighted by atomic mass is 10.1. The fourth-order valence-corrected chi connectivity index (χ4v) is 4.09. The lowest BCUT2D eigenvalue weighted by Crippen LogP contribution is -2.14. The molecule has 0 aliphatic heterocycles. The Hall–Kier alpha value is -3.91. The molecule has 0 aliphatic rings. The molecule has 0 fully saturated rings. The minimum absolute atomic E-state index is 0.0818. The number of carbonyl (C=O) groups excluding carboxylic acids is 1. The number of rotatable bonds is 7. The van der Waals surface area contributed by atoms with Gasteiger partial charge >= 0.3 is 0 Å². The van der Waals surface area contributed by atoms with Gasteiger partial charge in [-0.15, -0.1) is 11.3 Å². The van der Waals surface area contributed by atoms with Gasteiger partial charge in [-0.1, -0.05) is 0 Å². The largest absolute Gasteiger partial charge is 0.322 e. The van der Waals surface area contributed by atoms with Crippen molar-refractivity contribution in [2.24, 2.45) is 0 Å². The first-order valence-electron chi connectivity index (χ1n) is 7.93. The van der Waals surface area contributed by atoms with Crippen LogP contribution in [0.15, 0.2) is 58.9 Å². The molecule has 0 saturated heterocycles. The van der Waals surface area contributed by atoms with E-state index in [1.54, 1.807) is 5.38 Å². The van der Waals surface area contributed by atoms with Crippen LogP contribution in [0, 0.1) is 20.2 Å². The molecule has 14 heteroatoms. The van der Waals surface area contributed by atoms with E-state index in [-0.39, 0.29) is 21.3 Å². The molecular formula is C16H11N5O7S2. The lowest BCUT2D eigenvalue weighted by molar-refractivity contribution is -0.394. The maximum Gasteiger partial charge on any atom is 0.277 e. The van der Waals surface area contributed by atoms with Crippen molar-refractivity contribution in [1.29, 1.82) is 0 Å². The maximum atomic E-state index is 12.4. The fourth-order valence-electron chi connectivity index (χ4n) is 2.31. The Bertz CT molecular complexity index is 1190. The van der Waals surface area contributed by atoms with Crippen molar-refractivity contribution in [3.05, 3.63) is 79.8 Å². The summed E-state index contributed by atoms with van der Waals surface area (Å²) < 4.78 is 26.9. The van der Waals surface area contributed by atoms with Gasteiger partial charge in [-0.2, -0.15) is 0 Å². The van der Waals surface area contributed by atoms with Crippen molar-refractivity contribution < 1.29 is 23.1 Å². The normalized spacial score (nSPS) is 10.9. The van der Waals surface area contributed by atoms with Crippen LogP contribution in [-0.2, 0) is 10.0 Å². The van der Waals surface area contributed by atoms with Crippen molar-refractivity contribution in [1.82, 2.24) is 4.98 Å². The number of thiazole rings is 1. The highest BCUT2D eigenvalue weighted by molar-refractivity contribution is 7.93. The predicted molar refractivity (Wildman–Crippen MR) is 107 cm³/mol. The summed E-state index contributed by atoms with van der Waals surface area (Å²) in [6.07, 6.45) is 1.44. The second-order valence-electron chi connectivity index (χ2n) is 5.67. The van der Waals surface area contributed by atoms with Gasteiger partial charge in [0, 0.05) is 29.4 Å². The summed E-state index contributed by atoms with van der Waals surface area (Å²) >= 11 is 1.11. The number of sulfonamides is 1. The van der Waals surface area contributed by atoms with Crippen LogP contribution in [0.25, 0.3) is 0 Å². The van der Waals surface area contributed by atoms with Gasteiger partial charge < -0.3 is 5.32 Å². The Balaban J connectivity index is 1.79. The highest BCUT2D eigenvalue weighted by atomic mass is 32.2. The predicted octanol–water partition coefficient (Wildman–Crippen LogP) is 3.01. The molecule has 0 saturated carbocycles. The van der Waals surface area contributed by atoms with E-state index < -0.39 is 37.2 Å². The Morgan fingerprint density at radius 3 is 2.10 bits per heavy atom. The molecule has 1 aromatic heterocycles. The number of nitrogens with one attached hydrogen (secondary N) is 2. The molecule has 3 aromatic rings. The van der Waals surface area contributed by atoms with E-state index in [2.05, 4.69) is 15.0 Å². The number of benzene rings is 2. The third-order valence-corrected chi connectivity index (χ3v) is 5.84. The van der Waals surface area contributed by atoms with Crippen LogP contribution in [0.3, 0.4) is 0 Å². The number of hydrogen-bond acceptors (Lipinski definition) is 9. The van der Waals surface area contributed by atoms with Crippen molar-refractivity contribution >= 4 is 49.5 Å². The van der Waals surface area contributed by atoms with E-state index in [1.807, 2.05) is 0 Å². The number of amides is 1. The molecule has 1 amide bonds. The van der Waals surface area contributed by atoms with E-state index in [0.29, 0.717) is 0 Å². The molecular weight excluding hydrogens is 438 g/mol. The van der Waals surface area contributed by atoms with Gasteiger partial charge in [0.05, 0.1) is 26.4 Å². The summed E-state index contributed by atoms with van der Waals surface area (Å²) in [7, 11) is -3.88. The topological polar surface area (TPSA) is 174 Å². The number of aromatic nitrogens is 1. The first kappa shape index (κ1) is 20.8. The fraction of sp³-hybridized carbons (Fsp3) is 0. The second-order valence-corrected chi connectivity index (χ2v) is 8.25. The second kappa shape index (κ2) is 8.22. The average Bonchev–Trinajstić information content (AvgIpc) is 3.20. The van der Waals surface area contributed by atoms with Gasteiger partial charge in [0.15, 0.2) is 5.13 Å². The number of non-ortho nitro benzene ring substituents is 2.